The second-order valence-electron chi connectivity index (χ2n) is 3.38. The van der Waals surface area contributed by atoms with Crippen LogP contribution in [0, 0.1) is 0 Å². The van der Waals surface area contributed by atoms with Crippen LogP contribution in [-0.2, 0) is 15.2 Å². The first kappa shape index (κ1) is 13.8. The highest BCUT2D eigenvalue weighted by Gasteiger charge is 2.05. The molecule has 0 aliphatic heterocycles. The highest BCUT2D eigenvalue weighted by atomic mass is 79.9. The fourth-order valence-electron chi connectivity index (χ4n) is 1.05. The van der Waals surface area contributed by atoms with Crippen LogP contribution in [0.4, 0.5) is 0 Å². The molecule has 0 aliphatic rings. The van der Waals surface area contributed by atoms with E-state index in [4.69, 9.17) is 16.3 Å². The highest BCUT2D eigenvalue weighted by molar-refractivity contribution is 9.08. The van der Waals surface area contributed by atoms with E-state index in [0.717, 1.165) is 10.9 Å². The minimum atomic E-state index is -3.00. The third kappa shape index (κ3) is 4.72. The number of benzene rings is 1. The zero-order chi connectivity index (χ0) is 12.2. The molecule has 0 heterocycles. The molecule has 6 heteroatoms. The molecular formula is C10H12BrClO3S. The first-order chi connectivity index (χ1) is 7.42. The van der Waals surface area contributed by atoms with Gasteiger partial charge in [0.05, 0.1) is 10.8 Å². The number of alkyl halides is 1. The van der Waals surface area contributed by atoms with Gasteiger partial charge in [-0.3, -0.25) is 0 Å². The van der Waals surface area contributed by atoms with E-state index in [2.05, 4.69) is 15.9 Å². The summed E-state index contributed by atoms with van der Waals surface area (Å²) in [5, 5.41) is 1.21. The molecule has 1 aromatic carbocycles. The zero-order valence-corrected chi connectivity index (χ0v) is 11.9. The van der Waals surface area contributed by atoms with E-state index < -0.39 is 9.84 Å². The van der Waals surface area contributed by atoms with Gasteiger partial charge in [0.15, 0.2) is 9.84 Å². The van der Waals surface area contributed by atoms with Gasteiger partial charge in [-0.05, 0) is 17.7 Å². The molecule has 0 amide bonds. The molecule has 0 fully saturated rings. The Morgan fingerprint density at radius 2 is 2.12 bits per heavy atom. The van der Waals surface area contributed by atoms with Crippen LogP contribution in [0.15, 0.2) is 18.2 Å². The van der Waals surface area contributed by atoms with Gasteiger partial charge >= 0.3 is 0 Å². The fraction of sp³-hybridized carbons (Fsp3) is 0.400. The van der Waals surface area contributed by atoms with E-state index in [9.17, 15) is 8.42 Å². The lowest BCUT2D eigenvalue weighted by atomic mass is 10.2. The molecule has 1 rings (SSSR count). The van der Waals surface area contributed by atoms with Crippen LogP contribution in [0.5, 0.6) is 5.75 Å². The predicted molar refractivity (Wildman–Crippen MR) is 69.3 cm³/mol. The largest absolute Gasteiger partial charge is 0.491 e. The van der Waals surface area contributed by atoms with Crippen molar-refractivity contribution in [1.82, 2.24) is 0 Å². The lowest BCUT2D eigenvalue weighted by Gasteiger charge is -2.08. The van der Waals surface area contributed by atoms with Crippen molar-refractivity contribution >= 4 is 37.4 Å². The summed E-state index contributed by atoms with van der Waals surface area (Å²) in [5.74, 6) is 0.499. The van der Waals surface area contributed by atoms with Crippen LogP contribution in [-0.4, -0.2) is 27.0 Å². The topological polar surface area (TPSA) is 43.4 Å². The standard InChI is InChI=1S/C10H12BrClO3S/c1-16(13,14)5-4-15-10-3-2-8(7-11)6-9(10)12/h2-3,6H,4-5,7H2,1H3. The number of rotatable bonds is 5. The molecule has 0 unspecified atom stereocenters. The van der Waals surface area contributed by atoms with Gasteiger partial charge in [0.25, 0.3) is 0 Å². The van der Waals surface area contributed by atoms with Crippen molar-refractivity contribution in [1.29, 1.82) is 0 Å². The fourth-order valence-corrected chi connectivity index (χ4v) is 2.04. The number of sulfone groups is 1. The summed E-state index contributed by atoms with van der Waals surface area (Å²) in [6.07, 6.45) is 1.17. The monoisotopic (exact) mass is 326 g/mol. The normalized spacial score (nSPS) is 11.4. The van der Waals surface area contributed by atoms with Crippen molar-refractivity contribution in [3.8, 4) is 5.75 Å². The molecule has 0 aromatic heterocycles. The van der Waals surface area contributed by atoms with E-state index in [1.165, 1.54) is 6.26 Å². The average Bonchev–Trinajstić information content (AvgIpc) is 2.18. The molecular weight excluding hydrogens is 316 g/mol. The molecule has 3 nitrogen and oxygen atoms in total. The summed E-state index contributed by atoms with van der Waals surface area (Å²) >= 11 is 9.28. The van der Waals surface area contributed by atoms with E-state index in [1.54, 1.807) is 12.1 Å². The van der Waals surface area contributed by atoms with Gasteiger partial charge in [-0.25, -0.2) is 8.42 Å². The van der Waals surface area contributed by atoms with E-state index >= 15 is 0 Å². The molecule has 0 saturated carbocycles. The number of ether oxygens (including phenoxy) is 1. The Balaban J connectivity index is 2.61. The van der Waals surface area contributed by atoms with Gasteiger partial charge in [-0.1, -0.05) is 33.6 Å². The molecule has 0 radical (unpaired) electrons. The maximum atomic E-state index is 10.9. The summed E-state index contributed by atoms with van der Waals surface area (Å²) < 4.78 is 27.1. The van der Waals surface area contributed by atoms with Crippen molar-refractivity contribution in [3.63, 3.8) is 0 Å². The van der Waals surface area contributed by atoms with Crippen LogP contribution in [0.25, 0.3) is 0 Å². The van der Waals surface area contributed by atoms with Crippen molar-refractivity contribution < 1.29 is 13.2 Å². The average molecular weight is 328 g/mol. The lowest BCUT2D eigenvalue weighted by molar-refractivity contribution is 0.341. The third-order valence-electron chi connectivity index (χ3n) is 1.86. The Labute approximate surface area is 109 Å². The Kier molecular flexibility index (Phi) is 5.08. The van der Waals surface area contributed by atoms with Crippen molar-refractivity contribution in [3.05, 3.63) is 28.8 Å². The van der Waals surface area contributed by atoms with Crippen LogP contribution in [0.1, 0.15) is 5.56 Å². The molecule has 0 atom stereocenters. The third-order valence-corrected chi connectivity index (χ3v) is 3.71. The van der Waals surface area contributed by atoms with E-state index in [1.807, 2.05) is 6.07 Å². The number of halogens is 2. The summed E-state index contributed by atoms with van der Waals surface area (Å²) in [7, 11) is -3.00. The van der Waals surface area contributed by atoms with Gasteiger partial charge in [0.2, 0.25) is 0 Å². The minimum absolute atomic E-state index is 0.0104. The Morgan fingerprint density at radius 3 is 2.62 bits per heavy atom. The van der Waals surface area contributed by atoms with Gasteiger partial charge in [0.1, 0.15) is 12.4 Å². The zero-order valence-electron chi connectivity index (χ0n) is 8.74. The smallest absolute Gasteiger partial charge is 0.150 e. The molecule has 16 heavy (non-hydrogen) atoms. The van der Waals surface area contributed by atoms with Crippen molar-refractivity contribution in [2.45, 2.75) is 5.33 Å². The quantitative estimate of drug-likeness (QED) is 0.781. The van der Waals surface area contributed by atoms with Crippen LogP contribution < -0.4 is 4.74 Å². The molecule has 0 aliphatic carbocycles. The van der Waals surface area contributed by atoms with Crippen molar-refractivity contribution in [2.75, 3.05) is 18.6 Å². The van der Waals surface area contributed by atoms with Gasteiger partial charge < -0.3 is 4.74 Å². The summed E-state index contributed by atoms with van der Waals surface area (Å²) in [6, 6.07) is 5.39. The number of hydrogen-bond donors (Lipinski definition) is 0. The maximum Gasteiger partial charge on any atom is 0.150 e. The second kappa shape index (κ2) is 5.89. The van der Waals surface area contributed by atoms with Crippen LogP contribution in [0.3, 0.4) is 0 Å². The summed E-state index contributed by atoms with van der Waals surface area (Å²) in [5.41, 5.74) is 1.04. The summed E-state index contributed by atoms with van der Waals surface area (Å²) in [4.78, 5) is 0. The van der Waals surface area contributed by atoms with Gasteiger partial charge in [-0.2, -0.15) is 0 Å². The Morgan fingerprint density at radius 1 is 1.44 bits per heavy atom. The van der Waals surface area contributed by atoms with Gasteiger partial charge in [0, 0.05) is 11.6 Å². The maximum absolute atomic E-state index is 10.9. The molecule has 0 bridgehead atoms. The van der Waals surface area contributed by atoms with Crippen LogP contribution in [0.2, 0.25) is 5.02 Å². The van der Waals surface area contributed by atoms with Crippen LogP contribution >= 0.6 is 27.5 Å². The predicted octanol–water partition coefficient (Wildman–Crippen LogP) is 2.66. The first-order valence-electron chi connectivity index (χ1n) is 4.57. The highest BCUT2D eigenvalue weighted by Crippen LogP contribution is 2.26. The molecule has 90 valence electrons. The Hall–Kier alpha value is -0.260. The summed E-state index contributed by atoms with van der Waals surface area (Å²) in [6.45, 7) is 0.117. The van der Waals surface area contributed by atoms with E-state index in [-0.39, 0.29) is 12.4 Å². The molecule has 0 N–H and O–H groups in total. The SMILES string of the molecule is CS(=O)(=O)CCOc1ccc(CBr)cc1Cl. The lowest BCUT2D eigenvalue weighted by Crippen LogP contribution is -2.12. The molecule has 0 spiro atoms. The number of hydrogen-bond acceptors (Lipinski definition) is 3. The van der Waals surface area contributed by atoms with E-state index in [0.29, 0.717) is 10.8 Å². The van der Waals surface area contributed by atoms with Gasteiger partial charge in [-0.15, -0.1) is 0 Å². The Bertz CT molecular complexity index is 459. The molecule has 1 aromatic rings. The van der Waals surface area contributed by atoms with Crippen molar-refractivity contribution in [2.24, 2.45) is 0 Å². The minimum Gasteiger partial charge on any atom is -0.491 e. The second-order valence-corrected chi connectivity index (χ2v) is 6.60. The first-order valence-corrected chi connectivity index (χ1v) is 8.13. The molecule has 0 saturated heterocycles.